The summed E-state index contributed by atoms with van der Waals surface area (Å²) in [6, 6.07) is 5.99. The van der Waals surface area contributed by atoms with E-state index >= 15 is 0 Å². The lowest BCUT2D eigenvalue weighted by molar-refractivity contribution is 0.0526. The summed E-state index contributed by atoms with van der Waals surface area (Å²) in [6.45, 7) is 3.88. The van der Waals surface area contributed by atoms with Crippen molar-refractivity contribution >= 4 is 46.4 Å². The molecule has 0 aliphatic heterocycles. The van der Waals surface area contributed by atoms with E-state index < -0.39 is 5.97 Å². The Hall–Kier alpha value is -2.99. The molecule has 168 valence electrons. The van der Waals surface area contributed by atoms with E-state index in [1.807, 2.05) is 13.0 Å². The van der Waals surface area contributed by atoms with Gasteiger partial charge in [0.25, 0.3) is 5.95 Å². The first-order valence-corrected chi connectivity index (χ1v) is 10.2. The maximum atomic E-state index is 13.7. The fourth-order valence-electron chi connectivity index (χ4n) is 3.15. The molecule has 0 saturated carbocycles. The molecule has 0 unspecified atom stereocenters. The number of fused-ring (bicyclic) bond motifs is 1. The Morgan fingerprint density at radius 3 is 2.78 bits per heavy atom. The second-order valence-corrected chi connectivity index (χ2v) is 7.34. The molecule has 12 heteroatoms. The van der Waals surface area contributed by atoms with E-state index in [0.717, 1.165) is 5.56 Å². The first-order chi connectivity index (χ1) is 14.9. The van der Waals surface area contributed by atoms with E-state index in [1.54, 1.807) is 17.7 Å². The van der Waals surface area contributed by atoms with Crippen molar-refractivity contribution in [1.82, 2.24) is 29.5 Å². The van der Waals surface area contributed by atoms with Crippen molar-refractivity contribution in [2.24, 2.45) is 0 Å². The van der Waals surface area contributed by atoms with Gasteiger partial charge in [0.15, 0.2) is 10.1 Å². The van der Waals surface area contributed by atoms with Crippen molar-refractivity contribution in [1.29, 1.82) is 0 Å². The topological polar surface area (TPSA) is 96.9 Å². The predicted octanol–water partition coefficient (Wildman–Crippen LogP) is 3.82. The van der Waals surface area contributed by atoms with E-state index in [9.17, 15) is 9.18 Å². The summed E-state index contributed by atoms with van der Waals surface area (Å²) >= 11 is 3.44. The standard InChI is InChI=1S/C20H18BrFN6O3.H2S/c1-4-31-19(29)13-9-23-27(10-13)20-24-15-16(18(25-20)30-3)28(26-17(15)21)11(2)12-6-5-7-14(22)8-12;/h5-11H,4H2,1-3H3;1H2/t11-;/m0./s1. The Kier molecular flexibility index (Phi) is 7.14. The summed E-state index contributed by atoms with van der Waals surface area (Å²) in [7, 11) is 1.48. The van der Waals surface area contributed by atoms with Gasteiger partial charge in [-0.25, -0.2) is 23.5 Å². The van der Waals surface area contributed by atoms with Crippen molar-refractivity contribution in [3.8, 4) is 11.8 Å². The quantitative estimate of drug-likeness (QED) is 0.355. The van der Waals surface area contributed by atoms with Gasteiger partial charge in [0.05, 0.1) is 31.5 Å². The smallest absolute Gasteiger partial charge is 0.341 e. The number of nitrogens with zero attached hydrogens (tertiary/aromatic N) is 6. The number of hydrogen-bond donors (Lipinski definition) is 0. The molecular weight excluding hydrogens is 503 g/mol. The maximum absolute atomic E-state index is 13.7. The molecule has 3 heterocycles. The SMILES string of the molecule is CCOC(=O)c1cnn(-c2nc(OC)c3c(n2)c(Br)nn3[C@@H](C)c2cccc(F)c2)c1.S. The number of aromatic nitrogens is 6. The third-order valence-corrected chi connectivity index (χ3v) is 5.18. The zero-order chi connectivity index (χ0) is 22.1. The normalized spacial score (nSPS) is 11.8. The summed E-state index contributed by atoms with van der Waals surface area (Å²) < 4.78 is 27.7. The Morgan fingerprint density at radius 2 is 2.09 bits per heavy atom. The van der Waals surface area contributed by atoms with Gasteiger partial charge < -0.3 is 9.47 Å². The van der Waals surface area contributed by atoms with Crippen LogP contribution in [0.3, 0.4) is 0 Å². The molecule has 4 aromatic rings. The van der Waals surface area contributed by atoms with E-state index in [4.69, 9.17) is 9.47 Å². The minimum Gasteiger partial charge on any atom is -0.479 e. The van der Waals surface area contributed by atoms with Gasteiger partial charge in [0.2, 0.25) is 5.88 Å². The highest BCUT2D eigenvalue weighted by atomic mass is 79.9. The van der Waals surface area contributed by atoms with Crippen molar-refractivity contribution < 1.29 is 18.7 Å². The van der Waals surface area contributed by atoms with Gasteiger partial charge in [-0.3, -0.25) is 0 Å². The van der Waals surface area contributed by atoms with Gasteiger partial charge in [0.1, 0.15) is 11.3 Å². The molecule has 4 rings (SSSR count). The molecule has 32 heavy (non-hydrogen) atoms. The fraction of sp³-hybridized carbons (Fsp3) is 0.250. The zero-order valence-electron chi connectivity index (χ0n) is 17.4. The number of carbonyl (C=O) groups is 1. The minimum atomic E-state index is -0.486. The highest BCUT2D eigenvalue weighted by Crippen LogP contribution is 2.33. The van der Waals surface area contributed by atoms with Crippen LogP contribution in [-0.4, -0.2) is 49.2 Å². The number of benzene rings is 1. The van der Waals surface area contributed by atoms with E-state index in [0.29, 0.717) is 15.6 Å². The van der Waals surface area contributed by atoms with Gasteiger partial charge in [-0.05, 0) is 47.5 Å². The Bertz CT molecular complexity index is 1280. The highest BCUT2D eigenvalue weighted by molar-refractivity contribution is 9.10. The number of rotatable bonds is 6. The van der Waals surface area contributed by atoms with E-state index in [-0.39, 0.29) is 49.4 Å². The molecule has 0 spiro atoms. The van der Waals surface area contributed by atoms with Crippen molar-refractivity contribution in [3.05, 3.63) is 58.2 Å². The van der Waals surface area contributed by atoms with Crippen LogP contribution >= 0.6 is 29.4 Å². The number of ether oxygens (including phenoxy) is 2. The van der Waals surface area contributed by atoms with Gasteiger partial charge in [-0.2, -0.15) is 28.7 Å². The van der Waals surface area contributed by atoms with Crippen LogP contribution in [0.15, 0.2) is 41.3 Å². The van der Waals surface area contributed by atoms with Crippen molar-refractivity contribution in [2.75, 3.05) is 13.7 Å². The van der Waals surface area contributed by atoms with Crippen LogP contribution in [0.1, 0.15) is 35.8 Å². The van der Waals surface area contributed by atoms with Crippen molar-refractivity contribution in [3.63, 3.8) is 0 Å². The van der Waals surface area contributed by atoms with Crippen LogP contribution < -0.4 is 4.74 Å². The first kappa shape index (κ1) is 23.7. The summed E-state index contributed by atoms with van der Waals surface area (Å²) in [4.78, 5) is 20.9. The lowest BCUT2D eigenvalue weighted by atomic mass is 10.1. The second kappa shape index (κ2) is 9.65. The molecule has 0 amide bonds. The fourth-order valence-corrected chi connectivity index (χ4v) is 3.60. The number of carbonyl (C=O) groups excluding carboxylic acids is 1. The molecular formula is C20H20BrFN6O3S. The summed E-state index contributed by atoms with van der Waals surface area (Å²) in [5, 5.41) is 8.67. The molecule has 0 saturated heterocycles. The Morgan fingerprint density at radius 1 is 1.31 bits per heavy atom. The third kappa shape index (κ3) is 4.32. The molecule has 0 aliphatic carbocycles. The van der Waals surface area contributed by atoms with Crippen LogP contribution in [0.25, 0.3) is 17.0 Å². The van der Waals surface area contributed by atoms with E-state index in [1.165, 1.54) is 36.3 Å². The van der Waals surface area contributed by atoms with Gasteiger partial charge in [-0.1, -0.05) is 12.1 Å². The summed E-state index contributed by atoms with van der Waals surface area (Å²) in [6.07, 6.45) is 2.86. The summed E-state index contributed by atoms with van der Waals surface area (Å²) in [5.41, 5.74) is 2.03. The Labute approximate surface area is 198 Å². The third-order valence-electron chi connectivity index (χ3n) is 4.65. The van der Waals surface area contributed by atoms with Crippen molar-refractivity contribution in [2.45, 2.75) is 19.9 Å². The van der Waals surface area contributed by atoms with E-state index in [2.05, 4.69) is 36.1 Å². The molecule has 0 N–H and O–H groups in total. The molecule has 0 aliphatic rings. The Balaban J connectivity index is 0.00000289. The van der Waals surface area contributed by atoms with Gasteiger partial charge in [-0.15, -0.1) is 0 Å². The van der Waals surface area contributed by atoms with Crippen LogP contribution in [0.5, 0.6) is 5.88 Å². The van der Waals surface area contributed by atoms with Gasteiger partial charge >= 0.3 is 5.97 Å². The molecule has 9 nitrogen and oxygen atoms in total. The summed E-state index contributed by atoms with van der Waals surface area (Å²) in [5.74, 6) is -0.366. The van der Waals surface area contributed by atoms with Gasteiger partial charge in [0, 0.05) is 6.20 Å². The lowest BCUT2D eigenvalue weighted by Gasteiger charge is -2.15. The maximum Gasteiger partial charge on any atom is 0.341 e. The monoisotopic (exact) mass is 522 g/mol. The average molecular weight is 523 g/mol. The zero-order valence-corrected chi connectivity index (χ0v) is 20.0. The molecule has 3 aromatic heterocycles. The van der Waals surface area contributed by atoms with Crippen LogP contribution in [0, 0.1) is 5.82 Å². The number of methoxy groups -OCH3 is 1. The average Bonchev–Trinajstić information content (AvgIpc) is 3.38. The molecule has 1 aromatic carbocycles. The van der Waals surface area contributed by atoms with Crippen LogP contribution in [0.4, 0.5) is 4.39 Å². The molecule has 0 fully saturated rings. The van der Waals surface area contributed by atoms with Crippen LogP contribution in [-0.2, 0) is 4.74 Å². The second-order valence-electron chi connectivity index (χ2n) is 6.59. The largest absolute Gasteiger partial charge is 0.479 e. The number of hydrogen-bond acceptors (Lipinski definition) is 7. The minimum absolute atomic E-state index is 0. The highest BCUT2D eigenvalue weighted by Gasteiger charge is 2.23. The first-order valence-electron chi connectivity index (χ1n) is 9.40. The molecule has 0 radical (unpaired) electrons. The molecule has 1 atom stereocenters. The molecule has 0 bridgehead atoms. The lowest BCUT2D eigenvalue weighted by Crippen LogP contribution is -2.11. The van der Waals surface area contributed by atoms with Crippen LogP contribution in [0.2, 0.25) is 0 Å². The number of halogens is 2. The number of esters is 1. The predicted molar refractivity (Wildman–Crippen MR) is 123 cm³/mol.